The smallest absolute Gasteiger partial charge is 0.160 e. The van der Waals surface area contributed by atoms with Gasteiger partial charge in [0.05, 0.1) is 13.2 Å². The van der Waals surface area contributed by atoms with Crippen molar-refractivity contribution in [1.82, 2.24) is 5.32 Å². The number of aliphatic imine (C=N–C) groups is 1. The van der Waals surface area contributed by atoms with E-state index < -0.39 is 29.8 Å². The highest BCUT2D eigenvalue weighted by atomic mass is 32.2. The maximum Gasteiger partial charge on any atom is 0.160 e. The second-order valence-corrected chi connectivity index (χ2v) is 4.89. The summed E-state index contributed by atoms with van der Waals surface area (Å²) in [5.41, 5.74) is -0.397. The molecule has 17 heavy (non-hydrogen) atoms. The van der Waals surface area contributed by atoms with E-state index in [0.29, 0.717) is 11.7 Å². The number of hydrogen-bond acceptors (Lipinski definition) is 7. The molecule has 0 aromatic rings. The molecule has 1 fully saturated rings. The Hall–Kier alpha value is -0.780. The highest BCUT2D eigenvalue weighted by Gasteiger charge is 2.47. The molecule has 4 N–H and O–H groups in total. The zero-order chi connectivity index (χ0) is 12.4. The second-order valence-electron chi connectivity index (χ2n) is 3.81. The molecule has 0 aliphatic carbocycles. The number of ether oxygens (including phenoxy) is 1. The van der Waals surface area contributed by atoms with Crippen LogP contribution in [0.2, 0.25) is 0 Å². The number of terminal acetylenes is 1. The normalized spacial score (nSPS) is 40.4. The fourth-order valence-electron chi connectivity index (χ4n) is 1.79. The lowest BCUT2D eigenvalue weighted by molar-refractivity contribution is -0.164. The molecule has 0 amide bonds. The van der Waals surface area contributed by atoms with Gasteiger partial charge in [0.1, 0.15) is 29.8 Å². The minimum Gasteiger partial charge on any atom is -0.394 e. The van der Waals surface area contributed by atoms with E-state index in [4.69, 9.17) is 16.3 Å². The van der Waals surface area contributed by atoms with E-state index in [2.05, 4.69) is 16.2 Å². The van der Waals surface area contributed by atoms with Gasteiger partial charge in [-0.2, -0.15) is 0 Å². The number of thioether (sulfide) groups is 1. The van der Waals surface area contributed by atoms with Gasteiger partial charge in [0.25, 0.3) is 0 Å². The zero-order valence-electron chi connectivity index (χ0n) is 8.98. The Balaban J connectivity index is 2.04. The Morgan fingerprint density at radius 1 is 1.47 bits per heavy atom. The minimum absolute atomic E-state index is 0.338. The van der Waals surface area contributed by atoms with E-state index >= 15 is 0 Å². The molecule has 0 unspecified atom stereocenters. The molecule has 5 atom stereocenters. The summed E-state index contributed by atoms with van der Waals surface area (Å²) in [5, 5.41) is 32.0. The molecule has 0 aromatic heterocycles. The van der Waals surface area contributed by atoms with Crippen molar-refractivity contribution in [2.24, 2.45) is 4.99 Å². The van der Waals surface area contributed by atoms with Gasteiger partial charge in [-0.15, -0.1) is 6.42 Å². The van der Waals surface area contributed by atoms with E-state index in [1.165, 1.54) is 11.8 Å². The molecular weight excluding hydrogens is 244 g/mol. The van der Waals surface area contributed by atoms with Crippen LogP contribution in [-0.4, -0.2) is 63.4 Å². The number of nitrogens with one attached hydrogen (secondary N) is 1. The Kier molecular flexibility index (Phi) is 3.91. The third-order valence-electron chi connectivity index (χ3n) is 2.68. The summed E-state index contributed by atoms with van der Waals surface area (Å²) in [6, 6.07) is -0.530. The predicted octanol–water partition coefficient (Wildman–Crippen LogP) is -1.88. The van der Waals surface area contributed by atoms with Crippen molar-refractivity contribution >= 4 is 16.9 Å². The van der Waals surface area contributed by atoms with Crippen LogP contribution >= 0.6 is 11.8 Å². The van der Waals surface area contributed by atoms with Gasteiger partial charge in [-0.3, -0.25) is 4.99 Å². The SMILES string of the molecule is C#CCNC1=N[C@@H]2[C@H](O)[C@H](O)[C@@H](CO)O[C@@H]2S1. The van der Waals surface area contributed by atoms with Gasteiger partial charge in [-0.05, 0) is 0 Å². The summed E-state index contributed by atoms with van der Waals surface area (Å²) < 4.78 is 5.45. The van der Waals surface area contributed by atoms with Crippen LogP contribution in [0.5, 0.6) is 0 Å². The van der Waals surface area contributed by atoms with Crippen molar-refractivity contribution in [3.63, 3.8) is 0 Å². The fourth-order valence-corrected chi connectivity index (χ4v) is 2.91. The third kappa shape index (κ3) is 2.41. The number of rotatable bonds is 2. The van der Waals surface area contributed by atoms with Crippen molar-refractivity contribution < 1.29 is 20.1 Å². The van der Waals surface area contributed by atoms with Crippen LogP contribution in [0, 0.1) is 12.3 Å². The average Bonchev–Trinajstić information content (AvgIpc) is 2.74. The van der Waals surface area contributed by atoms with E-state index in [1.807, 2.05) is 0 Å². The van der Waals surface area contributed by atoms with Gasteiger partial charge in [-0.1, -0.05) is 17.7 Å². The summed E-state index contributed by atoms with van der Waals surface area (Å²) in [5.74, 6) is 2.42. The molecule has 0 saturated carbocycles. The molecule has 0 aromatic carbocycles. The highest BCUT2D eigenvalue weighted by molar-refractivity contribution is 8.14. The number of amidine groups is 1. The molecule has 94 valence electrons. The van der Waals surface area contributed by atoms with Crippen LogP contribution in [0.4, 0.5) is 0 Å². The van der Waals surface area contributed by atoms with E-state index in [9.17, 15) is 10.2 Å². The summed E-state index contributed by atoms with van der Waals surface area (Å²) in [6.07, 6.45) is 2.17. The lowest BCUT2D eigenvalue weighted by atomic mass is 9.99. The summed E-state index contributed by atoms with van der Waals surface area (Å²) >= 11 is 1.30. The van der Waals surface area contributed by atoms with Crippen LogP contribution in [0.25, 0.3) is 0 Å². The number of nitrogens with zero attached hydrogens (tertiary/aromatic N) is 1. The van der Waals surface area contributed by atoms with Crippen molar-refractivity contribution in [2.45, 2.75) is 29.8 Å². The van der Waals surface area contributed by atoms with Gasteiger partial charge < -0.3 is 25.4 Å². The maximum atomic E-state index is 9.86. The molecule has 1 saturated heterocycles. The summed E-state index contributed by atoms with van der Waals surface area (Å²) in [7, 11) is 0. The first-order chi connectivity index (χ1) is 8.17. The average molecular weight is 258 g/mol. The minimum atomic E-state index is -1.13. The van der Waals surface area contributed by atoms with Crippen LogP contribution in [0.3, 0.4) is 0 Å². The number of aliphatic hydroxyl groups excluding tert-OH is 3. The summed E-state index contributed by atoms with van der Waals surface area (Å²) in [4.78, 5) is 4.20. The molecule has 0 spiro atoms. The zero-order valence-corrected chi connectivity index (χ0v) is 9.80. The number of aliphatic hydroxyl groups is 3. The van der Waals surface area contributed by atoms with Crippen molar-refractivity contribution in [3.05, 3.63) is 0 Å². The third-order valence-corrected chi connectivity index (χ3v) is 3.78. The van der Waals surface area contributed by atoms with Gasteiger partial charge in [-0.25, -0.2) is 0 Å². The predicted molar refractivity (Wildman–Crippen MR) is 63.4 cm³/mol. The van der Waals surface area contributed by atoms with Crippen molar-refractivity contribution in [3.8, 4) is 12.3 Å². The quantitative estimate of drug-likeness (QED) is 0.433. The molecule has 2 aliphatic heterocycles. The van der Waals surface area contributed by atoms with Crippen molar-refractivity contribution in [2.75, 3.05) is 13.2 Å². The Morgan fingerprint density at radius 2 is 2.24 bits per heavy atom. The van der Waals surface area contributed by atoms with E-state index in [1.54, 1.807) is 0 Å². The van der Waals surface area contributed by atoms with Crippen LogP contribution in [0.15, 0.2) is 4.99 Å². The molecule has 2 aliphatic rings. The fraction of sp³-hybridized carbons (Fsp3) is 0.700. The Morgan fingerprint density at radius 3 is 2.88 bits per heavy atom. The maximum absolute atomic E-state index is 9.86. The number of fused-ring (bicyclic) bond motifs is 1. The standard InChI is InChI=1S/C10H14N2O4S/c1-2-3-11-10-12-6-8(15)7(14)5(4-13)16-9(6)17-10/h1,5-9,13-15H,3-4H2,(H,11,12)/t5-,6-,7-,8+,9-/m1/s1. The Bertz CT molecular complexity index is 357. The number of hydrogen-bond donors (Lipinski definition) is 4. The molecule has 2 heterocycles. The van der Waals surface area contributed by atoms with Crippen LogP contribution in [-0.2, 0) is 4.74 Å². The van der Waals surface area contributed by atoms with Gasteiger partial charge in [0, 0.05) is 0 Å². The Labute approximate surface area is 103 Å². The topological polar surface area (TPSA) is 94.3 Å². The van der Waals surface area contributed by atoms with E-state index in [0.717, 1.165) is 0 Å². The van der Waals surface area contributed by atoms with Gasteiger partial charge in [0.15, 0.2) is 5.17 Å². The second kappa shape index (κ2) is 5.25. The lowest BCUT2D eigenvalue weighted by Gasteiger charge is -2.37. The van der Waals surface area contributed by atoms with Gasteiger partial charge >= 0.3 is 0 Å². The highest BCUT2D eigenvalue weighted by Crippen LogP contribution is 2.35. The van der Waals surface area contributed by atoms with Crippen LogP contribution < -0.4 is 5.32 Å². The van der Waals surface area contributed by atoms with Gasteiger partial charge in [0.2, 0.25) is 0 Å². The largest absolute Gasteiger partial charge is 0.394 e. The molecule has 7 heteroatoms. The molecule has 2 rings (SSSR count). The monoisotopic (exact) mass is 258 g/mol. The van der Waals surface area contributed by atoms with Crippen molar-refractivity contribution in [1.29, 1.82) is 0 Å². The lowest BCUT2D eigenvalue weighted by Crippen LogP contribution is -2.55. The first-order valence-electron chi connectivity index (χ1n) is 5.21. The first-order valence-corrected chi connectivity index (χ1v) is 6.09. The molecule has 0 radical (unpaired) electrons. The molecular formula is C10H14N2O4S. The summed E-state index contributed by atoms with van der Waals surface area (Å²) in [6.45, 7) is 0.00246. The molecule has 6 nitrogen and oxygen atoms in total. The van der Waals surface area contributed by atoms with E-state index in [-0.39, 0.29) is 6.61 Å². The first kappa shape index (κ1) is 12.7. The van der Waals surface area contributed by atoms with Crippen LogP contribution in [0.1, 0.15) is 0 Å². The molecule has 0 bridgehead atoms.